The van der Waals surface area contributed by atoms with Crippen LogP contribution in [-0.4, -0.2) is 0 Å². The molecule has 0 spiro atoms. The van der Waals surface area contributed by atoms with Gasteiger partial charge in [0.15, 0.2) is 0 Å². The first-order chi connectivity index (χ1) is 7.68. The van der Waals surface area contributed by atoms with E-state index < -0.39 is 0 Å². The zero-order chi connectivity index (χ0) is 11.5. The van der Waals surface area contributed by atoms with E-state index in [1.165, 1.54) is 5.56 Å². The summed E-state index contributed by atoms with van der Waals surface area (Å²) in [4.78, 5) is 0. The van der Waals surface area contributed by atoms with Gasteiger partial charge < -0.3 is 10.2 Å². The van der Waals surface area contributed by atoms with Crippen LogP contribution in [0.25, 0.3) is 0 Å². The highest BCUT2D eigenvalue weighted by Crippen LogP contribution is 2.27. The average Bonchev–Trinajstić information content (AvgIpc) is 2.74. The van der Waals surface area contributed by atoms with E-state index >= 15 is 0 Å². The molecule has 1 atom stereocenters. The van der Waals surface area contributed by atoms with Crippen LogP contribution >= 0.6 is 15.9 Å². The van der Waals surface area contributed by atoms with Gasteiger partial charge in [0.25, 0.3) is 0 Å². The van der Waals surface area contributed by atoms with Crippen molar-refractivity contribution in [3.63, 3.8) is 0 Å². The van der Waals surface area contributed by atoms with E-state index in [1.807, 2.05) is 24.3 Å². The lowest BCUT2D eigenvalue weighted by Gasteiger charge is -2.13. The van der Waals surface area contributed by atoms with Gasteiger partial charge in [-0.15, -0.1) is 0 Å². The Hall–Kier alpha value is -1.06. The molecule has 0 aliphatic carbocycles. The number of aryl methyl sites for hydroxylation is 1. The first-order valence-electron chi connectivity index (χ1n) is 5.21. The van der Waals surface area contributed by atoms with Crippen LogP contribution in [0.3, 0.4) is 0 Å². The van der Waals surface area contributed by atoms with Gasteiger partial charge in [-0.1, -0.05) is 34.1 Å². The van der Waals surface area contributed by atoms with Crippen molar-refractivity contribution in [2.24, 2.45) is 5.73 Å². The average molecular weight is 280 g/mol. The number of benzene rings is 1. The molecular formula is C13H14BrNO. The van der Waals surface area contributed by atoms with E-state index in [9.17, 15) is 0 Å². The summed E-state index contributed by atoms with van der Waals surface area (Å²) in [6, 6.07) is 9.92. The Morgan fingerprint density at radius 2 is 2.12 bits per heavy atom. The first kappa shape index (κ1) is 11.4. The Balaban J connectivity index is 2.21. The predicted molar refractivity (Wildman–Crippen MR) is 68.2 cm³/mol. The van der Waals surface area contributed by atoms with Gasteiger partial charge in [-0.2, -0.15) is 0 Å². The maximum absolute atomic E-state index is 6.17. The normalized spacial score (nSPS) is 12.7. The molecule has 1 aromatic carbocycles. The van der Waals surface area contributed by atoms with Crippen molar-refractivity contribution in [2.75, 3.05) is 0 Å². The van der Waals surface area contributed by atoms with Crippen molar-refractivity contribution in [2.45, 2.75) is 19.4 Å². The maximum Gasteiger partial charge on any atom is 0.105 e. The monoisotopic (exact) mass is 279 g/mol. The predicted octanol–water partition coefficient (Wildman–Crippen LogP) is 3.59. The van der Waals surface area contributed by atoms with Crippen LogP contribution in [0.4, 0.5) is 0 Å². The molecule has 0 saturated carbocycles. The third-order valence-electron chi connectivity index (χ3n) is 2.62. The molecule has 2 nitrogen and oxygen atoms in total. The van der Waals surface area contributed by atoms with E-state index in [2.05, 4.69) is 28.9 Å². The van der Waals surface area contributed by atoms with Crippen molar-refractivity contribution in [3.8, 4) is 0 Å². The highest BCUT2D eigenvalue weighted by molar-refractivity contribution is 9.10. The summed E-state index contributed by atoms with van der Waals surface area (Å²) in [5.74, 6) is 0.918. The fourth-order valence-corrected chi connectivity index (χ4v) is 2.27. The minimum absolute atomic E-state index is 0.0413. The van der Waals surface area contributed by atoms with E-state index in [-0.39, 0.29) is 6.04 Å². The lowest BCUT2D eigenvalue weighted by atomic mass is 10.0. The summed E-state index contributed by atoms with van der Waals surface area (Å²) in [6.45, 7) is 2.06. The van der Waals surface area contributed by atoms with Gasteiger partial charge in [0.2, 0.25) is 0 Å². The molecule has 0 aliphatic rings. The van der Waals surface area contributed by atoms with Crippen molar-refractivity contribution < 1.29 is 4.42 Å². The number of hydrogen-bond donors (Lipinski definition) is 1. The third-order valence-corrected chi connectivity index (χ3v) is 3.71. The first-order valence-corrected chi connectivity index (χ1v) is 6.00. The lowest BCUT2D eigenvalue weighted by Crippen LogP contribution is -2.13. The molecule has 1 unspecified atom stereocenters. The van der Waals surface area contributed by atoms with E-state index in [4.69, 9.17) is 10.2 Å². The molecule has 0 bridgehead atoms. The molecule has 0 amide bonds. The molecule has 0 fully saturated rings. The third kappa shape index (κ3) is 2.36. The zero-order valence-corrected chi connectivity index (χ0v) is 10.7. The molecule has 2 N–H and O–H groups in total. The standard InChI is InChI=1S/C13H14BrNO/c1-9-4-2-6-11(13(9)14)12(15)8-10-5-3-7-16-10/h2-7,12H,8,15H2,1H3. The molecular weight excluding hydrogens is 266 g/mol. The van der Waals surface area contributed by atoms with Crippen molar-refractivity contribution in [3.05, 3.63) is 58.0 Å². The summed E-state index contributed by atoms with van der Waals surface area (Å²) in [7, 11) is 0. The zero-order valence-electron chi connectivity index (χ0n) is 9.11. The number of nitrogens with two attached hydrogens (primary N) is 1. The number of furan rings is 1. The fourth-order valence-electron chi connectivity index (χ4n) is 1.71. The second-order valence-electron chi connectivity index (χ2n) is 3.87. The molecule has 3 heteroatoms. The van der Waals surface area contributed by atoms with Gasteiger partial charge in [0, 0.05) is 16.9 Å². The van der Waals surface area contributed by atoms with Crippen molar-refractivity contribution >= 4 is 15.9 Å². The number of halogens is 1. The summed E-state index contributed by atoms with van der Waals surface area (Å²) in [6.07, 6.45) is 2.39. The SMILES string of the molecule is Cc1cccc(C(N)Cc2ccco2)c1Br. The summed E-state index contributed by atoms with van der Waals surface area (Å²) in [5.41, 5.74) is 8.49. The van der Waals surface area contributed by atoms with E-state index in [1.54, 1.807) is 6.26 Å². The smallest absolute Gasteiger partial charge is 0.105 e. The second-order valence-corrected chi connectivity index (χ2v) is 4.66. The molecule has 0 saturated heterocycles. The summed E-state index contributed by atoms with van der Waals surface area (Å²) in [5, 5.41) is 0. The minimum Gasteiger partial charge on any atom is -0.469 e. The molecule has 1 aromatic heterocycles. The lowest BCUT2D eigenvalue weighted by molar-refractivity contribution is 0.488. The van der Waals surface area contributed by atoms with Crippen LogP contribution in [0.1, 0.15) is 22.9 Å². The molecule has 2 rings (SSSR count). The van der Waals surface area contributed by atoms with Crippen LogP contribution in [-0.2, 0) is 6.42 Å². The highest BCUT2D eigenvalue weighted by Gasteiger charge is 2.12. The van der Waals surface area contributed by atoms with Crippen LogP contribution in [0, 0.1) is 6.92 Å². The number of hydrogen-bond acceptors (Lipinski definition) is 2. The van der Waals surface area contributed by atoms with Gasteiger partial charge in [-0.05, 0) is 30.2 Å². The molecule has 2 aromatic rings. The minimum atomic E-state index is -0.0413. The largest absolute Gasteiger partial charge is 0.469 e. The molecule has 16 heavy (non-hydrogen) atoms. The Bertz CT molecular complexity index is 465. The highest BCUT2D eigenvalue weighted by atomic mass is 79.9. The van der Waals surface area contributed by atoms with Crippen molar-refractivity contribution in [1.29, 1.82) is 0 Å². The maximum atomic E-state index is 6.17. The van der Waals surface area contributed by atoms with Crippen LogP contribution in [0.5, 0.6) is 0 Å². The summed E-state index contributed by atoms with van der Waals surface area (Å²) < 4.78 is 6.39. The summed E-state index contributed by atoms with van der Waals surface area (Å²) >= 11 is 3.57. The van der Waals surface area contributed by atoms with Crippen molar-refractivity contribution in [1.82, 2.24) is 0 Å². The van der Waals surface area contributed by atoms with Gasteiger partial charge in [-0.25, -0.2) is 0 Å². The van der Waals surface area contributed by atoms with Crippen LogP contribution in [0.15, 0.2) is 45.5 Å². The van der Waals surface area contributed by atoms with Gasteiger partial charge in [-0.3, -0.25) is 0 Å². The van der Waals surface area contributed by atoms with Gasteiger partial charge >= 0.3 is 0 Å². The molecule has 0 radical (unpaired) electrons. The topological polar surface area (TPSA) is 39.2 Å². The van der Waals surface area contributed by atoms with E-state index in [0.717, 1.165) is 22.2 Å². The Morgan fingerprint density at radius 1 is 1.31 bits per heavy atom. The molecule has 1 heterocycles. The quantitative estimate of drug-likeness (QED) is 0.933. The van der Waals surface area contributed by atoms with Gasteiger partial charge in [0.1, 0.15) is 5.76 Å². The van der Waals surface area contributed by atoms with Crippen LogP contribution in [0.2, 0.25) is 0 Å². The second kappa shape index (κ2) is 4.85. The Morgan fingerprint density at radius 3 is 2.81 bits per heavy atom. The fraction of sp³-hybridized carbons (Fsp3) is 0.231. The van der Waals surface area contributed by atoms with Crippen LogP contribution < -0.4 is 5.73 Å². The van der Waals surface area contributed by atoms with E-state index in [0.29, 0.717) is 0 Å². The Kier molecular flexibility index (Phi) is 3.46. The van der Waals surface area contributed by atoms with Gasteiger partial charge in [0.05, 0.1) is 6.26 Å². The molecule has 84 valence electrons. The Labute approximate surface area is 104 Å². The number of rotatable bonds is 3. The molecule has 0 aliphatic heterocycles.